The van der Waals surface area contributed by atoms with Crippen molar-refractivity contribution in [3.05, 3.63) is 0 Å². The number of hydrogen-bond acceptors (Lipinski definition) is 34. The summed E-state index contributed by atoms with van der Waals surface area (Å²) in [6.07, 6.45) is -53.4. The number of nitrogens with one attached hydrogen (secondary N) is 2. The molecule has 0 aromatic heterocycles. The van der Waals surface area contributed by atoms with Crippen LogP contribution in [0.2, 0.25) is 0 Å². The first kappa shape index (κ1) is 71.0. The Balaban J connectivity index is 1.30. The molecule has 6 fully saturated rings. The van der Waals surface area contributed by atoms with Crippen LogP contribution in [-0.2, 0) is 75.3 Å². The number of nitrogens with two attached hydrogens (primary N) is 1. The molecule has 0 saturated carbocycles. The van der Waals surface area contributed by atoms with Crippen molar-refractivity contribution in [2.45, 2.75) is 217 Å². The summed E-state index contributed by atoms with van der Waals surface area (Å²) in [4.78, 5) is 36.2. The number of aliphatic hydroxyl groups is 17. The lowest BCUT2D eigenvalue weighted by atomic mass is 9.92. The van der Waals surface area contributed by atoms with Crippen molar-refractivity contribution in [3.8, 4) is 0 Å². The second kappa shape index (κ2) is 32.1. The van der Waals surface area contributed by atoms with E-state index in [1.807, 2.05) is 0 Å². The SMILES string of the molecule is CC(=O)NC1[C@H](O[C@@H]2C(CO)O[C@H](O[C@H]3C(CO)O[C@@H](O[C@@H]4C(O)[C@@H](COP(=O)(O)OCCCCCN)OC(CO)[C@H]4O)C(NC(C)=O)[C@H]3O[C@@H]3OC(CO)[C@@H](O)[C@H](O)C3O)[C@@H](O)C2O)OC(CO)[C@H](O)[C@@H]1O[C@@H]1OC(CO)[C@@H](O)[C@H](O)C1O. The van der Waals surface area contributed by atoms with E-state index in [0.717, 1.165) is 13.8 Å². The number of amides is 2. The number of phosphoric ester groups is 1. The van der Waals surface area contributed by atoms with Crippen LogP contribution in [0.3, 0.4) is 0 Å². The Bertz CT molecular complexity index is 2060. The van der Waals surface area contributed by atoms with Gasteiger partial charge in [0.05, 0.1) is 52.9 Å². The van der Waals surface area contributed by atoms with Crippen LogP contribution in [-0.4, -0.2) is 347 Å². The molecule has 6 saturated heterocycles. The zero-order chi connectivity index (χ0) is 62.1. The third kappa shape index (κ3) is 16.8. The van der Waals surface area contributed by atoms with Gasteiger partial charge in [-0.1, -0.05) is 0 Å². The summed E-state index contributed by atoms with van der Waals surface area (Å²) in [6, 6.07) is -3.65. The van der Waals surface area contributed by atoms with Gasteiger partial charge in [0.2, 0.25) is 11.8 Å². The average molecular weight is 1250 g/mol. The first-order valence-electron chi connectivity index (χ1n) is 27.0. The van der Waals surface area contributed by atoms with E-state index in [1.165, 1.54) is 0 Å². The number of aliphatic hydroxyl groups excluding tert-OH is 17. The maximum absolute atomic E-state index is 13.1. The van der Waals surface area contributed by atoms with Crippen LogP contribution in [0.4, 0.5) is 0 Å². The Morgan fingerprint density at radius 1 is 0.405 bits per heavy atom. The maximum atomic E-state index is 13.1. The van der Waals surface area contributed by atoms with Crippen LogP contribution in [0.1, 0.15) is 33.1 Å². The lowest BCUT2D eigenvalue weighted by molar-refractivity contribution is -0.391. The molecule has 37 nitrogen and oxygen atoms in total. The van der Waals surface area contributed by atoms with E-state index in [9.17, 15) is 106 Å². The predicted octanol–water partition coefficient (Wildman–Crippen LogP) is -12.5. The molecule has 0 aromatic carbocycles. The molecule has 13 unspecified atom stereocenters. The van der Waals surface area contributed by atoms with Gasteiger partial charge in [0, 0.05) is 13.8 Å². The van der Waals surface area contributed by atoms with Crippen molar-refractivity contribution in [1.29, 1.82) is 0 Å². The fraction of sp³-hybridized carbons (Fsp3) is 0.957. The molecule has 6 heterocycles. The highest BCUT2D eigenvalue weighted by Crippen LogP contribution is 2.45. The number of carbonyl (C=O) groups is 2. The normalized spacial score (nSPS) is 45.6. The van der Waals surface area contributed by atoms with Gasteiger partial charge in [-0.05, 0) is 25.8 Å². The monoisotopic (exact) mass is 1250 g/mol. The van der Waals surface area contributed by atoms with E-state index in [2.05, 4.69) is 10.6 Å². The zero-order valence-corrected chi connectivity index (χ0v) is 46.3. The number of ether oxygens (including phenoxy) is 11. The van der Waals surface area contributed by atoms with Crippen molar-refractivity contribution in [3.63, 3.8) is 0 Å². The first-order chi connectivity index (χ1) is 39.8. The minimum absolute atomic E-state index is 0.226. The number of hydrogen-bond donors (Lipinski definition) is 21. The molecule has 0 aliphatic carbocycles. The van der Waals surface area contributed by atoms with E-state index in [4.69, 9.17) is 66.9 Å². The van der Waals surface area contributed by atoms with Crippen LogP contribution in [0.25, 0.3) is 0 Å². The molecular formula is C46H82N3O34P. The number of rotatable bonds is 27. The molecule has 0 radical (unpaired) electrons. The van der Waals surface area contributed by atoms with Gasteiger partial charge in [-0.15, -0.1) is 0 Å². The van der Waals surface area contributed by atoms with Crippen LogP contribution >= 0.6 is 7.82 Å². The Morgan fingerprint density at radius 2 is 0.774 bits per heavy atom. The van der Waals surface area contributed by atoms with Crippen molar-refractivity contribution in [2.75, 3.05) is 59.4 Å². The smallest absolute Gasteiger partial charge is 0.394 e. The van der Waals surface area contributed by atoms with E-state index in [1.54, 1.807) is 0 Å². The number of phosphoric acid groups is 1. The summed E-state index contributed by atoms with van der Waals surface area (Å²) >= 11 is 0. The van der Waals surface area contributed by atoms with E-state index in [0.29, 0.717) is 25.8 Å². The highest BCUT2D eigenvalue weighted by molar-refractivity contribution is 7.47. The van der Waals surface area contributed by atoms with Gasteiger partial charge in [0.15, 0.2) is 31.5 Å². The summed E-state index contributed by atoms with van der Waals surface area (Å²) in [5.74, 6) is -1.78. The van der Waals surface area contributed by atoms with Gasteiger partial charge in [-0.25, -0.2) is 4.57 Å². The molecule has 0 spiro atoms. The van der Waals surface area contributed by atoms with Crippen molar-refractivity contribution in [2.24, 2.45) is 5.73 Å². The summed E-state index contributed by atoms with van der Waals surface area (Å²) < 4.78 is 87.5. The molecule has 84 heavy (non-hydrogen) atoms. The van der Waals surface area contributed by atoms with Crippen molar-refractivity contribution in [1.82, 2.24) is 10.6 Å². The third-order valence-electron chi connectivity index (χ3n) is 14.9. The minimum atomic E-state index is -4.83. The van der Waals surface area contributed by atoms with Crippen molar-refractivity contribution < 1.29 is 167 Å². The van der Waals surface area contributed by atoms with Gasteiger partial charge in [-0.2, -0.15) is 0 Å². The molecule has 6 aliphatic rings. The Morgan fingerprint density at radius 3 is 1.27 bits per heavy atom. The second-order valence-electron chi connectivity index (χ2n) is 20.8. The molecule has 490 valence electrons. The molecular weight excluding hydrogens is 1170 g/mol. The van der Waals surface area contributed by atoms with Crippen LogP contribution in [0.5, 0.6) is 0 Å². The predicted molar refractivity (Wildman–Crippen MR) is 265 cm³/mol. The van der Waals surface area contributed by atoms with Crippen LogP contribution in [0, 0.1) is 0 Å². The summed E-state index contributed by atoms with van der Waals surface area (Å²) in [5.41, 5.74) is 5.48. The topological polar surface area (TPSA) is 585 Å². The Kier molecular flexibility index (Phi) is 27.1. The van der Waals surface area contributed by atoms with E-state index < -0.39 is 250 Å². The Labute approximate surface area is 478 Å². The second-order valence-corrected chi connectivity index (χ2v) is 22.3. The largest absolute Gasteiger partial charge is 0.472 e. The zero-order valence-electron chi connectivity index (χ0n) is 45.4. The fourth-order valence-corrected chi connectivity index (χ4v) is 11.1. The van der Waals surface area contributed by atoms with Crippen LogP contribution in [0.15, 0.2) is 0 Å². The Hall–Kier alpha value is -2.11. The summed E-state index contributed by atoms with van der Waals surface area (Å²) in [7, 11) is -4.83. The van der Waals surface area contributed by atoms with Crippen molar-refractivity contribution >= 4 is 19.6 Å². The van der Waals surface area contributed by atoms with Gasteiger partial charge in [0.1, 0.15) is 152 Å². The molecule has 0 aromatic rings. The molecule has 38 heteroatoms. The average Bonchev–Trinajstić information content (AvgIpc) is 1.64. The van der Waals surface area contributed by atoms with E-state index in [-0.39, 0.29) is 6.61 Å². The minimum Gasteiger partial charge on any atom is -0.394 e. The molecule has 6 aliphatic heterocycles. The maximum Gasteiger partial charge on any atom is 0.472 e. The quantitative estimate of drug-likeness (QED) is 0.0268. The molecule has 6 rings (SSSR count). The lowest BCUT2D eigenvalue weighted by Crippen LogP contribution is -2.71. The first-order valence-corrected chi connectivity index (χ1v) is 28.5. The van der Waals surface area contributed by atoms with Gasteiger partial charge in [-0.3, -0.25) is 18.6 Å². The molecule has 22 N–H and O–H groups in total. The third-order valence-corrected chi connectivity index (χ3v) is 15.8. The lowest BCUT2D eigenvalue weighted by Gasteiger charge is -2.52. The molecule has 0 bridgehead atoms. The van der Waals surface area contributed by atoms with Gasteiger partial charge in [0.25, 0.3) is 0 Å². The van der Waals surface area contributed by atoms with Crippen LogP contribution < -0.4 is 16.4 Å². The fourth-order valence-electron chi connectivity index (χ4n) is 10.4. The molecule has 2 amide bonds. The van der Waals surface area contributed by atoms with Gasteiger partial charge < -0.3 is 160 Å². The standard InChI is InChI=1S/C46H82N3O34P/c1-15(56)48-24-39(81-44-34(66)31(63)26(58)17(8-50)75-44)28(60)20(11-53)74-42(24)79-37-21(12-54)78-46(36(68)33(37)65)80-38-22(13-55)77-43(25(49-16(2)57)40(38)82-45-35(67)32(64)27(59)18(9-51)76-45)83-41-29(61)19(10-52)73-23(30(41)62)14-72-84(69,70)71-7-5-3-4-6-47/h17-46,50-55,58-68H,3-14,47H2,1-2H3,(H,48,56)(H,49,57)(H,69,70)/t17?,18?,19?,20?,21?,22?,23-,24?,25?,26-,27-,28+,29-,30?,31+,32+,33?,34?,35?,36+,37-,38+,39-,40-,41+,42+,43+,44+,45+,46-/m1/s1. The number of carbonyl (C=O) groups excluding carboxylic acids is 2. The van der Waals surface area contributed by atoms with E-state index >= 15 is 0 Å². The summed E-state index contributed by atoms with van der Waals surface area (Å²) in [6.45, 7) is -4.96. The van der Waals surface area contributed by atoms with Gasteiger partial charge >= 0.3 is 7.82 Å². The molecule has 31 atom stereocenters. The highest BCUT2D eigenvalue weighted by Gasteiger charge is 2.59. The highest BCUT2D eigenvalue weighted by atomic mass is 31.2. The summed E-state index contributed by atoms with van der Waals surface area (Å²) in [5, 5.41) is 189. The number of unbranched alkanes of at least 4 members (excludes halogenated alkanes) is 2.